The first-order valence-corrected chi connectivity index (χ1v) is 4.45. The van der Waals surface area contributed by atoms with Crippen molar-refractivity contribution in [2.75, 3.05) is 6.54 Å². The maximum absolute atomic E-state index is 11.1. The standard InChI is InChI=1S/C8H13NO5/c1-5(10)7(11)13-14-8(12)6-3-2-4-9-6/h5-6,9-10H,2-4H2,1H3/t5?,6-/m0/s1. The van der Waals surface area contributed by atoms with Gasteiger partial charge in [0, 0.05) is 0 Å². The van der Waals surface area contributed by atoms with Crippen molar-refractivity contribution in [3.05, 3.63) is 0 Å². The molecule has 1 fully saturated rings. The third-order valence-corrected chi connectivity index (χ3v) is 1.89. The molecule has 1 saturated heterocycles. The molecule has 6 nitrogen and oxygen atoms in total. The first-order valence-electron chi connectivity index (χ1n) is 4.45. The van der Waals surface area contributed by atoms with Crippen LogP contribution in [0.1, 0.15) is 19.8 Å². The molecule has 1 aliphatic rings. The van der Waals surface area contributed by atoms with Crippen molar-refractivity contribution in [3.8, 4) is 0 Å². The zero-order chi connectivity index (χ0) is 10.6. The summed E-state index contributed by atoms with van der Waals surface area (Å²) in [4.78, 5) is 30.2. The molecule has 80 valence electrons. The second kappa shape index (κ2) is 4.92. The first kappa shape index (κ1) is 10.9. The van der Waals surface area contributed by atoms with Crippen LogP contribution in [-0.4, -0.2) is 35.7 Å². The summed E-state index contributed by atoms with van der Waals surface area (Å²) in [6, 6.07) is -0.406. The molecule has 2 atom stereocenters. The van der Waals surface area contributed by atoms with Crippen molar-refractivity contribution < 1.29 is 24.5 Å². The first-order chi connectivity index (χ1) is 6.61. The number of aliphatic hydroxyl groups is 1. The third kappa shape index (κ3) is 2.97. The lowest BCUT2D eigenvalue weighted by molar-refractivity contribution is -0.265. The number of rotatable bonds is 2. The van der Waals surface area contributed by atoms with Crippen LogP contribution in [0.4, 0.5) is 0 Å². The fourth-order valence-electron chi connectivity index (χ4n) is 1.10. The zero-order valence-corrected chi connectivity index (χ0v) is 7.86. The molecule has 2 N–H and O–H groups in total. The Morgan fingerprint density at radius 3 is 2.71 bits per heavy atom. The average molecular weight is 203 g/mol. The summed E-state index contributed by atoms with van der Waals surface area (Å²) in [5.74, 6) is -1.60. The number of aliphatic hydroxyl groups excluding tert-OH is 1. The van der Waals surface area contributed by atoms with Gasteiger partial charge in [0.15, 0.2) is 6.10 Å². The Hall–Kier alpha value is -1.14. The molecule has 0 aromatic carbocycles. The van der Waals surface area contributed by atoms with Crippen molar-refractivity contribution in [3.63, 3.8) is 0 Å². The summed E-state index contributed by atoms with van der Waals surface area (Å²) in [6.45, 7) is 1.98. The molecule has 1 heterocycles. The van der Waals surface area contributed by atoms with Crippen molar-refractivity contribution in [1.29, 1.82) is 0 Å². The van der Waals surface area contributed by atoms with Gasteiger partial charge in [-0.15, -0.1) is 0 Å². The number of nitrogens with one attached hydrogen (secondary N) is 1. The molecule has 14 heavy (non-hydrogen) atoms. The predicted molar refractivity (Wildman–Crippen MR) is 44.9 cm³/mol. The Morgan fingerprint density at radius 2 is 2.21 bits per heavy atom. The van der Waals surface area contributed by atoms with Crippen LogP contribution >= 0.6 is 0 Å². The fourth-order valence-corrected chi connectivity index (χ4v) is 1.10. The minimum atomic E-state index is -1.29. The van der Waals surface area contributed by atoms with E-state index in [4.69, 9.17) is 5.11 Å². The average Bonchev–Trinajstić information content (AvgIpc) is 2.66. The summed E-state index contributed by atoms with van der Waals surface area (Å²) in [5, 5.41) is 11.6. The number of carbonyl (C=O) groups is 2. The highest BCUT2D eigenvalue weighted by Gasteiger charge is 2.26. The van der Waals surface area contributed by atoms with E-state index in [0.717, 1.165) is 13.0 Å². The predicted octanol–water partition coefficient (Wildman–Crippen LogP) is -0.879. The van der Waals surface area contributed by atoms with Crippen LogP contribution in [-0.2, 0) is 19.4 Å². The number of hydrogen-bond acceptors (Lipinski definition) is 6. The van der Waals surface area contributed by atoms with Gasteiger partial charge in [0.05, 0.1) is 0 Å². The monoisotopic (exact) mass is 203 g/mol. The van der Waals surface area contributed by atoms with E-state index in [9.17, 15) is 9.59 Å². The lowest BCUT2D eigenvalue weighted by atomic mass is 10.2. The summed E-state index contributed by atoms with van der Waals surface area (Å²) < 4.78 is 0. The highest BCUT2D eigenvalue weighted by Crippen LogP contribution is 2.06. The maximum atomic E-state index is 11.1. The minimum Gasteiger partial charge on any atom is -0.382 e. The summed E-state index contributed by atoms with van der Waals surface area (Å²) >= 11 is 0. The summed E-state index contributed by atoms with van der Waals surface area (Å²) in [5.41, 5.74) is 0. The molecule has 0 radical (unpaired) electrons. The zero-order valence-electron chi connectivity index (χ0n) is 7.86. The lowest BCUT2D eigenvalue weighted by Gasteiger charge is -2.08. The lowest BCUT2D eigenvalue weighted by Crippen LogP contribution is -2.33. The van der Waals surface area contributed by atoms with Gasteiger partial charge in [0.25, 0.3) is 0 Å². The van der Waals surface area contributed by atoms with E-state index in [1.807, 2.05) is 0 Å². The highest BCUT2D eigenvalue weighted by atomic mass is 17.2. The molecule has 0 spiro atoms. The largest absolute Gasteiger partial charge is 0.383 e. The fraction of sp³-hybridized carbons (Fsp3) is 0.750. The van der Waals surface area contributed by atoms with Gasteiger partial charge in [-0.3, -0.25) is 0 Å². The van der Waals surface area contributed by atoms with Gasteiger partial charge >= 0.3 is 11.9 Å². The minimum absolute atomic E-state index is 0.406. The molecule has 0 amide bonds. The van der Waals surface area contributed by atoms with E-state index in [2.05, 4.69) is 15.1 Å². The molecule has 0 aromatic rings. The van der Waals surface area contributed by atoms with Crippen LogP contribution in [0.25, 0.3) is 0 Å². The Balaban J connectivity index is 2.23. The number of carbonyl (C=O) groups excluding carboxylic acids is 2. The molecular formula is C8H13NO5. The smallest absolute Gasteiger partial charge is 0.382 e. The van der Waals surface area contributed by atoms with Crippen LogP contribution in [0.3, 0.4) is 0 Å². The quantitative estimate of drug-likeness (QED) is 0.448. The van der Waals surface area contributed by atoms with Crippen LogP contribution in [0.2, 0.25) is 0 Å². The third-order valence-electron chi connectivity index (χ3n) is 1.89. The van der Waals surface area contributed by atoms with E-state index in [1.165, 1.54) is 6.92 Å². The van der Waals surface area contributed by atoms with Crippen molar-refractivity contribution >= 4 is 11.9 Å². The molecule has 1 rings (SSSR count). The van der Waals surface area contributed by atoms with Crippen LogP contribution in [0, 0.1) is 0 Å². The molecule has 1 aliphatic heterocycles. The van der Waals surface area contributed by atoms with Gasteiger partial charge < -0.3 is 10.4 Å². The van der Waals surface area contributed by atoms with Crippen LogP contribution < -0.4 is 5.32 Å². The van der Waals surface area contributed by atoms with E-state index >= 15 is 0 Å². The van der Waals surface area contributed by atoms with E-state index in [1.54, 1.807) is 0 Å². The summed E-state index contributed by atoms with van der Waals surface area (Å²) in [6.07, 6.45) is 0.272. The molecule has 0 aliphatic carbocycles. The topological polar surface area (TPSA) is 84.9 Å². The van der Waals surface area contributed by atoms with Crippen LogP contribution in [0.5, 0.6) is 0 Å². The molecule has 0 saturated carbocycles. The van der Waals surface area contributed by atoms with Crippen molar-refractivity contribution in [2.45, 2.75) is 31.9 Å². The van der Waals surface area contributed by atoms with Crippen molar-refractivity contribution in [1.82, 2.24) is 5.32 Å². The molecule has 0 aromatic heterocycles. The van der Waals surface area contributed by atoms with Gasteiger partial charge in [-0.25, -0.2) is 19.4 Å². The Morgan fingerprint density at radius 1 is 1.50 bits per heavy atom. The van der Waals surface area contributed by atoms with E-state index < -0.39 is 24.1 Å². The van der Waals surface area contributed by atoms with Gasteiger partial charge in [0.2, 0.25) is 0 Å². The highest BCUT2D eigenvalue weighted by molar-refractivity contribution is 5.78. The van der Waals surface area contributed by atoms with E-state index in [-0.39, 0.29) is 0 Å². The Kier molecular flexibility index (Phi) is 3.84. The van der Waals surface area contributed by atoms with Crippen molar-refractivity contribution in [2.24, 2.45) is 0 Å². The van der Waals surface area contributed by atoms with Gasteiger partial charge in [-0.2, -0.15) is 0 Å². The van der Waals surface area contributed by atoms with Crippen LogP contribution in [0.15, 0.2) is 0 Å². The summed E-state index contributed by atoms with van der Waals surface area (Å²) in [7, 11) is 0. The second-order valence-corrected chi connectivity index (χ2v) is 3.13. The SMILES string of the molecule is CC(O)C(=O)OOC(=O)[C@@H]1CCCN1. The molecule has 6 heteroatoms. The Labute approximate surface area is 81.1 Å². The second-order valence-electron chi connectivity index (χ2n) is 3.13. The maximum Gasteiger partial charge on any atom is 0.383 e. The number of hydrogen-bond donors (Lipinski definition) is 2. The molecular weight excluding hydrogens is 190 g/mol. The Bertz CT molecular complexity index is 222. The van der Waals surface area contributed by atoms with Gasteiger partial charge in [-0.05, 0) is 26.3 Å². The molecule has 1 unspecified atom stereocenters. The normalized spacial score (nSPS) is 22.9. The molecule has 0 bridgehead atoms. The van der Waals surface area contributed by atoms with E-state index in [0.29, 0.717) is 6.42 Å². The van der Waals surface area contributed by atoms with Gasteiger partial charge in [0.1, 0.15) is 6.04 Å². The van der Waals surface area contributed by atoms with Gasteiger partial charge in [-0.1, -0.05) is 0 Å².